The number of carbonyl (C=O) groups is 1. The molecule has 0 saturated heterocycles. The number of aromatic nitrogens is 1. The number of alkyl halides is 3. The van der Waals surface area contributed by atoms with Crippen LogP contribution in [0.4, 0.5) is 28.4 Å². The maximum absolute atomic E-state index is 13.3. The molecule has 0 aliphatic rings. The van der Waals surface area contributed by atoms with Gasteiger partial charge in [-0.25, -0.2) is 14.2 Å². The van der Waals surface area contributed by atoms with Crippen molar-refractivity contribution in [3.05, 3.63) is 65.6 Å². The molecule has 0 spiro atoms. The van der Waals surface area contributed by atoms with Gasteiger partial charge in [0.1, 0.15) is 5.82 Å². The van der Waals surface area contributed by atoms with E-state index in [1.54, 1.807) is 0 Å². The van der Waals surface area contributed by atoms with Crippen molar-refractivity contribution < 1.29 is 27.1 Å². The molecular weight excluding hydrogens is 384 g/mol. The molecule has 140 valence electrons. The Morgan fingerprint density at radius 3 is 2.26 bits per heavy atom. The molecule has 0 bridgehead atoms. The molecule has 0 amide bonds. The van der Waals surface area contributed by atoms with Crippen molar-refractivity contribution >= 4 is 28.1 Å². The number of hydrogen-bond acceptors (Lipinski definition) is 5. The van der Waals surface area contributed by atoms with Gasteiger partial charge in [-0.05, 0) is 42.0 Å². The summed E-state index contributed by atoms with van der Waals surface area (Å²) in [6.45, 7) is 0. The molecule has 27 heavy (non-hydrogen) atoms. The van der Waals surface area contributed by atoms with E-state index in [-0.39, 0.29) is 15.6 Å². The molecule has 0 radical (unpaired) electrons. The molecule has 3 rings (SSSR count). The lowest BCUT2D eigenvalue weighted by atomic mass is 10.1. The number of halogens is 4. The van der Waals surface area contributed by atoms with Crippen molar-refractivity contribution in [2.24, 2.45) is 0 Å². The first kappa shape index (κ1) is 18.8. The molecule has 0 aliphatic carbocycles. The number of hydrogen-bond donors (Lipinski definition) is 1. The third kappa shape index (κ3) is 4.25. The zero-order valence-electron chi connectivity index (χ0n) is 13.8. The summed E-state index contributed by atoms with van der Waals surface area (Å²) in [7, 11) is 1.25. The maximum atomic E-state index is 13.3. The first-order valence-corrected chi connectivity index (χ1v) is 8.39. The van der Waals surface area contributed by atoms with Crippen LogP contribution in [0, 0.1) is 5.82 Å². The Labute approximate surface area is 155 Å². The lowest BCUT2D eigenvalue weighted by molar-refractivity contribution is -0.140. The van der Waals surface area contributed by atoms with Gasteiger partial charge in [-0.15, -0.1) is 0 Å². The van der Waals surface area contributed by atoms with E-state index in [2.05, 4.69) is 15.0 Å². The van der Waals surface area contributed by atoms with E-state index in [1.165, 1.54) is 43.5 Å². The van der Waals surface area contributed by atoms with E-state index in [9.17, 15) is 22.4 Å². The highest BCUT2D eigenvalue weighted by atomic mass is 32.1. The first-order valence-electron chi connectivity index (χ1n) is 7.57. The molecule has 4 nitrogen and oxygen atoms in total. The number of esters is 1. The van der Waals surface area contributed by atoms with Gasteiger partial charge < -0.3 is 10.1 Å². The van der Waals surface area contributed by atoms with Crippen LogP contribution in [0.1, 0.15) is 16.1 Å². The van der Waals surface area contributed by atoms with Gasteiger partial charge in [0, 0.05) is 5.69 Å². The second-order valence-electron chi connectivity index (χ2n) is 5.40. The van der Waals surface area contributed by atoms with Crippen molar-refractivity contribution in [1.82, 2.24) is 4.98 Å². The average molecular weight is 396 g/mol. The Morgan fingerprint density at radius 2 is 1.70 bits per heavy atom. The van der Waals surface area contributed by atoms with Crippen molar-refractivity contribution in [3.63, 3.8) is 0 Å². The SMILES string of the molecule is COC(=O)c1ccc(Nc2nc(C(F)(F)F)c(-c3ccc(F)cc3)s2)cc1. The molecular formula is C18H12F4N2O2S. The molecule has 0 saturated carbocycles. The summed E-state index contributed by atoms with van der Waals surface area (Å²) in [5.74, 6) is -1.06. The van der Waals surface area contributed by atoms with Gasteiger partial charge in [-0.3, -0.25) is 0 Å². The lowest BCUT2D eigenvalue weighted by Crippen LogP contribution is -2.07. The standard InChI is InChI=1S/C18H12F4N2O2S/c1-26-16(25)11-4-8-13(9-5-11)23-17-24-15(18(20,21)22)14(27-17)10-2-6-12(19)7-3-10/h2-9H,1H3,(H,23,24). The van der Waals surface area contributed by atoms with Crippen LogP contribution in [-0.2, 0) is 10.9 Å². The number of nitrogens with one attached hydrogen (secondary N) is 1. The molecule has 1 N–H and O–H groups in total. The molecule has 0 fully saturated rings. The quantitative estimate of drug-likeness (QED) is 0.468. The molecule has 2 aromatic carbocycles. The second-order valence-corrected chi connectivity index (χ2v) is 6.39. The predicted octanol–water partition coefficient (Wildman–Crippen LogP) is 5.50. The van der Waals surface area contributed by atoms with Crippen molar-refractivity contribution in [2.75, 3.05) is 12.4 Å². The second kappa shape index (κ2) is 7.36. The average Bonchev–Trinajstić information content (AvgIpc) is 3.06. The summed E-state index contributed by atoms with van der Waals surface area (Å²) in [4.78, 5) is 14.9. The normalized spacial score (nSPS) is 11.3. The summed E-state index contributed by atoms with van der Waals surface area (Å²) in [6, 6.07) is 10.7. The third-order valence-corrected chi connectivity index (χ3v) is 4.58. The van der Waals surface area contributed by atoms with Gasteiger partial charge in [0.25, 0.3) is 0 Å². The number of nitrogens with zero attached hydrogens (tertiary/aromatic N) is 1. The number of carbonyl (C=O) groups excluding carboxylic acids is 1. The number of rotatable bonds is 4. The van der Waals surface area contributed by atoms with Gasteiger partial charge in [0.15, 0.2) is 10.8 Å². The highest BCUT2D eigenvalue weighted by Crippen LogP contribution is 2.42. The van der Waals surface area contributed by atoms with Gasteiger partial charge in [-0.2, -0.15) is 13.2 Å². The van der Waals surface area contributed by atoms with E-state index in [1.807, 2.05) is 0 Å². The lowest BCUT2D eigenvalue weighted by Gasteiger charge is -2.05. The largest absolute Gasteiger partial charge is 0.465 e. The van der Waals surface area contributed by atoms with E-state index >= 15 is 0 Å². The minimum absolute atomic E-state index is 0.0208. The van der Waals surface area contributed by atoms with Crippen LogP contribution in [0.2, 0.25) is 0 Å². The number of thiazole rings is 1. The Bertz CT molecular complexity index is 951. The van der Waals surface area contributed by atoms with Gasteiger partial charge in [0.2, 0.25) is 0 Å². The van der Waals surface area contributed by atoms with Crippen LogP contribution in [0.5, 0.6) is 0 Å². The van der Waals surface area contributed by atoms with Gasteiger partial charge >= 0.3 is 12.1 Å². The highest BCUT2D eigenvalue weighted by molar-refractivity contribution is 7.19. The summed E-state index contributed by atoms with van der Waals surface area (Å²) in [5, 5.41) is 2.80. The predicted molar refractivity (Wildman–Crippen MR) is 93.6 cm³/mol. The van der Waals surface area contributed by atoms with E-state index in [4.69, 9.17) is 0 Å². The number of benzene rings is 2. The Hall–Kier alpha value is -2.94. The topological polar surface area (TPSA) is 51.2 Å². The molecule has 0 aliphatic heterocycles. The van der Waals surface area contributed by atoms with Crippen LogP contribution < -0.4 is 5.32 Å². The summed E-state index contributed by atoms with van der Waals surface area (Å²) >= 11 is 0.799. The van der Waals surface area contributed by atoms with Crippen LogP contribution in [0.3, 0.4) is 0 Å². The van der Waals surface area contributed by atoms with E-state index in [0.29, 0.717) is 11.3 Å². The van der Waals surface area contributed by atoms with E-state index in [0.717, 1.165) is 23.5 Å². The highest BCUT2D eigenvalue weighted by Gasteiger charge is 2.38. The van der Waals surface area contributed by atoms with Crippen LogP contribution in [0.15, 0.2) is 48.5 Å². The number of ether oxygens (including phenoxy) is 1. The summed E-state index contributed by atoms with van der Waals surface area (Å²) in [6.07, 6.45) is -4.66. The molecule has 3 aromatic rings. The van der Waals surface area contributed by atoms with Crippen molar-refractivity contribution in [2.45, 2.75) is 6.18 Å². The number of anilines is 2. The van der Waals surface area contributed by atoms with Gasteiger partial charge in [0.05, 0.1) is 17.6 Å². The number of methoxy groups -OCH3 is 1. The smallest absolute Gasteiger partial charge is 0.434 e. The Morgan fingerprint density at radius 1 is 1.07 bits per heavy atom. The molecule has 0 atom stereocenters. The third-order valence-electron chi connectivity index (χ3n) is 3.56. The fourth-order valence-corrected chi connectivity index (χ4v) is 3.30. The fraction of sp³-hybridized carbons (Fsp3) is 0.111. The maximum Gasteiger partial charge on any atom is 0.434 e. The minimum Gasteiger partial charge on any atom is -0.465 e. The zero-order chi connectivity index (χ0) is 19.6. The monoisotopic (exact) mass is 396 g/mol. The molecule has 1 heterocycles. The molecule has 0 unspecified atom stereocenters. The fourth-order valence-electron chi connectivity index (χ4n) is 2.29. The minimum atomic E-state index is -4.66. The molecule has 1 aromatic heterocycles. The van der Waals surface area contributed by atoms with Crippen LogP contribution in [0.25, 0.3) is 10.4 Å². The Kier molecular flexibility index (Phi) is 5.13. The summed E-state index contributed by atoms with van der Waals surface area (Å²) < 4.78 is 57.7. The van der Waals surface area contributed by atoms with Crippen LogP contribution >= 0.6 is 11.3 Å². The van der Waals surface area contributed by atoms with Crippen LogP contribution in [-0.4, -0.2) is 18.1 Å². The van der Waals surface area contributed by atoms with E-state index < -0.39 is 23.7 Å². The summed E-state index contributed by atoms with van der Waals surface area (Å²) in [5.41, 5.74) is -0.0657. The van der Waals surface area contributed by atoms with Gasteiger partial charge in [-0.1, -0.05) is 23.5 Å². The zero-order valence-corrected chi connectivity index (χ0v) is 14.6. The van der Waals surface area contributed by atoms with Crippen molar-refractivity contribution in [1.29, 1.82) is 0 Å². The van der Waals surface area contributed by atoms with Crippen molar-refractivity contribution in [3.8, 4) is 10.4 Å². The Balaban J connectivity index is 1.92. The molecule has 9 heteroatoms. The first-order chi connectivity index (χ1) is 12.8.